The van der Waals surface area contributed by atoms with E-state index in [0.29, 0.717) is 12.3 Å². The predicted molar refractivity (Wildman–Crippen MR) is 101 cm³/mol. The largest absolute Gasteiger partial charge is 0.367 e. The highest BCUT2D eigenvalue weighted by Gasteiger charge is 2.36. The number of imidazole rings is 1. The zero-order chi connectivity index (χ0) is 19.9. The Kier molecular flexibility index (Phi) is 4.42. The number of aryl methyl sites for hydroxylation is 1. The molecule has 4 aromatic heterocycles. The van der Waals surface area contributed by atoms with E-state index in [9.17, 15) is 8.78 Å². The van der Waals surface area contributed by atoms with Crippen LogP contribution in [0.15, 0.2) is 37.1 Å². The number of nitrogen functional groups attached to an aromatic ring is 1. The molecule has 0 saturated carbocycles. The molecule has 0 amide bonds. The van der Waals surface area contributed by atoms with Gasteiger partial charge in [0.1, 0.15) is 0 Å². The van der Waals surface area contributed by atoms with E-state index < -0.39 is 5.92 Å². The van der Waals surface area contributed by atoms with Crippen LogP contribution in [0.4, 0.5) is 14.7 Å². The van der Waals surface area contributed by atoms with Crippen molar-refractivity contribution in [3.8, 4) is 11.1 Å². The van der Waals surface area contributed by atoms with Gasteiger partial charge in [-0.2, -0.15) is 0 Å². The Morgan fingerprint density at radius 1 is 1.21 bits per heavy atom. The van der Waals surface area contributed by atoms with Crippen LogP contribution in [0.2, 0.25) is 0 Å². The quantitative estimate of drug-likeness (QED) is 0.540. The lowest BCUT2D eigenvalue weighted by molar-refractivity contribution is 0.0146. The first-order chi connectivity index (χ1) is 13.3. The van der Waals surface area contributed by atoms with Crippen LogP contribution in [0, 0.1) is 6.92 Å². The number of halogens is 2. The second kappa shape index (κ2) is 6.79. The number of nitrogens with two attached hydrogens (primary N) is 1. The van der Waals surface area contributed by atoms with Crippen LogP contribution in [0.25, 0.3) is 22.4 Å². The lowest BCUT2D eigenvalue weighted by Crippen LogP contribution is -2.21. The standard InChI is InChI=1S/C13H11N7.C5H9F2N/c1-8-11-10(2-4-20(11)18-12(14)17-8)9-6-16-13-15-3-5-19(13)7-9;1-8-3-2-5(6,7)4-8/h2-7H,1H3,(H2,14,18);2-4H2,1H3. The number of anilines is 1. The van der Waals surface area contributed by atoms with E-state index in [1.165, 1.54) is 0 Å². The van der Waals surface area contributed by atoms with Gasteiger partial charge in [0.2, 0.25) is 11.7 Å². The third-order valence-corrected chi connectivity index (χ3v) is 4.62. The number of likely N-dealkylation sites (tertiary alicyclic amines) is 1. The van der Waals surface area contributed by atoms with Crippen LogP contribution in [-0.4, -0.2) is 59.9 Å². The van der Waals surface area contributed by atoms with E-state index in [-0.39, 0.29) is 18.9 Å². The summed E-state index contributed by atoms with van der Waals surface area (Å²) in [6.07, 6.45) is 9.27. The fraction of sp³-hybridized carbons (Fsp3) is 0.333. The summed E-state index contributed by atoms with van der Waals surface area (Å²) in [6.45, 7) is 2.39. The van der Waals surface area contributed by atoms with Crippen LogP contribution in [0.5, 0.6) is 0 Å². The molecule has 1 saturated heterocycles. The molecule has 2 N–H and O–H groups in total. The molecule has 5 heterocycles. The van der Waals surface area contributed by atoms with Gasteiger partial charge in [0.25, 0.3) is 5.92 Å². The van der Waals surface area contributed by atoms with Gasteiger partial charge in [-0.15, -0.1) is 5.10 Å². The van der Waals surface area contributed by atoms with E-state index in [2.05, 4.69) is 20.1 Å². The average Bonchev–Trinajstić information content (AvgIpc) is 3.32. The molecule has 0 radical (unpaired) electrons. The maximum Gasteiger partial charge on any atom is 0.261 e. The zero-order valence-electron chi connectivity index (χ0n) is 15.5. The number of nitrogens with zero attached hydrogens (tertiary/aromatic N) is 7. The van der Waals surface area contributed by atoms with Crippen molar-refractivity contribution in [3.63, 3.8) is 0 Å². The van der Waals surface area contributed by atoms with Gasteiger partial charge in [-0.1, -0.05) is 0 Å². The minimum absolute atomic E-state index is 0.0312. The first-order valence-corrected chi connectivity index (χ1v) is 8.79. The fourth-order valence-corrected chi connectivity index (χ4v) is 3.32. The summed E-state index contributed by atoms with van der Waals surface area (Å²) in [6, 6.07) is 1.98. The number of hydrogen-bond donors (Lipinski definition) is 1. The van der Waals surface area contributed by atoms with Gasteiger partial charge in [-0.3, -0.25) is 4.40 Å². The van der Waals surface area contributed by atoms with Crippen LogP contribution in [0.3, 0.4) is 0 Å². The van der Waals surface area contributed by atoms with E-state index in [0.717, 1.165) is 22.3 Å². The van der Waals surface area contributed by atoms with Gasteiger partial charge in [-0.05, 0) is 20.0 Å². The van der Waals surface area contributed by atoms with Crippen molar-refractivity contribution < 1.29 is 8.78 Å². The number of aromatic nitrogens is 6. The molecule has 146 valence electrons. The van der Waals surface area contributed by atoms with Crippen LogP contribution >= 0.6 is 0 Å². The molecule has 0 spiro atoms. The monoisotopic (exact) mass is 386 g/mol. The molecule has 28 heavy (non-hydrogen) atoms. The highest BCUT2D eigenvalue weighted by Crippen LogP contribution is 2.27. The molecule has 1 fully saturated rings. The highest BCUT2D eigenvalue weighted by atomic mass is 19.3. The lowest BCUT2D eigenvalue weighted by Gasteiger charge is -2.06. The Morgan fingerprint density at radius 3 is 2.71 bits per heavy atom. The van der Waals surface area contributed by atoms with Gasteiger partial charge in [0, 0.05) is 55.1 Å². The van der Waals surface area contributed by atoms with E-state index in [1.54, 1.807) is 28.9 Å². The maximum atomic E-state index is 12.2. The molecule has 0 unspecified atom stereocenters. The second-order valence-corrected chi connectivity index (χ2v) is 6.90. The molecule has 1 aliphatic heterocycles. The third-order valence-electron chi connectivity index (χ3n) is 4.62. The Morgan fingerprint density at radius 2 is 2.04 bits per heavy atom. The number of fused-ring (bicyclic) bond motifs is 2. The van der Waals surface area contributed by atoms with Crippen molar-refractivity contribution >= 4 is 17.2 Å². The molecule has 10 heteroatoms. The fourth-order valence-electron chi connectivity index (χ4n) is 3.32. The molecule has 0 atom stereocenters. The summed E-state index contributed by atoms with van der Waals surface area (Å²) in [5, 5.41) is 4.18. The summed E-state index contributed by atoms with van der Waals surface area (Å²) in [5.41, 5.74) is 9.43. The molecule has 0 aromatic carbocycles. The topological polar surface area (TPSA) is 89.6 Å². The lowest BCUT2D eigenvalue weighted by atomic mass is 10.1. The van der Waals surface area contributed by atoms with Crippen LogP contribution < -0.4 is 5.73 Å². The third kappa shape index (κ3) is 3.50. The van der Waals surface area contributed by atoms with Crippen molar-refractivity contribution in [2.75, 3.05) is 25.9 Å². The summed E-state index contributed by atoms with van der Waals surface area (Å²) < 4.78 is 27.9. The predicted octanol–water partition coefficient (Wildman–Crippen LogP) is 2.29. The summed E-state index contributed by atoms with van der Waals surface area (Å²) >= 11 is 0. The first kappa shape index (κ1) is 18.2. The highest BCUT2D eigenvalue weighted by molar-refractivity contribution is 5.82. The van der Waals surface area contributed by atoms with Crippen molar-refractivity contribution in [2.45, 2.75) is 19.3 Å². The minimum Gasteiger partial charge on any atom is -0.367 e. The van der Waals surface area contributed by atoms with Gasteiger partial charge >= 0.3 is 0 Å². The molecule has 1 aliphatic rings. The van der Waals surface area contributed by atoms with E-state index in [1.807, 2.05) is 36.0 Å². The average molecular weight is 386 g/mol. The molecule has 8 nitrogen and oxygen atoms in total. The van der Waals surface area contributed by atoms with E-state index in [4.69, 9.17) is 5.73 Å². The van der Waals surface area contributed by atoms with Crippen LogP contribution in [0.1, 0.15) is 12.1 Å². The van der Waals surface area contributed by atoms with E-state index >= 15 is 0 Å². The summed E-state index contributed by atoms with van der Waals surface area (Å²) in [5.74, 6) is -1.47. The zero-order valence-corrected chi connectivity index (χ0v) is 15.5. The molecular weight excluding hydrogens is 366 g/mol. The summed E-state index contributed by atoms with van der Waals surface area (Å²) in [4.78, 5) is 14.3. The molecule has 0 bridgehead atoms. The number of rotatable bonds is 1. The number of hydrogen-bond acceptors (Lipinski definition) is 6. The van der Waals surface area contributed by atoms with Gasteiger partial charge in [0.15, 0.2) is 0 Å². The van der Waals surface area contributed by atoms with Crippen molar-refractivity contribution in [2.24, 2.45) is 0 Å². The molecule has 0 aliphatic carbocycles. The van der Waals surface area contributed by atoms with Gasteiger partial charge in [-0.25, -0.2) is 28.2 Å². The van der Waals surface area contributed by atoms with Gasteiger partial charge < -0.3 is 10.6 Å². The normalized spacial score (nSPS) is 16.4. The van der Waals surface area contributed by atoms with Crippen molar-refractivity contribution in [1.82, 2.24) is 33.9 Å². The van der Waals surface area contributed by atoms with Crippen molar-refractivity contribution in [1.29, 1.82) is 0 Å². The number of alkyl halides is 2. The maximum absolute atomic E-state index is 12.2. The molecular formula is C18H20F2N8. The SMILES string of the molecule is CN1CCC(F)(F)C1.Cc1nc(N)nn2ccc(-c3cnc4nccn4c3)c12. The van der Waals surface area contributed by atoms with Gasteiger partial charge in [0.05, 0.1) is 17.8 Å². The Labute approximate surface area is 159 Å². The van der Waals surface area contributed by atoms with Crippen molar-refractivity contribution in [3.05, 3.63) is 42.7 Å². The Balaban J connectivity index is 0.000000203. The Hall–Kier alpha value is -3.14. The Bertz CT molecular complexity index is 1130. The molecule has 5 rings (SSSR count). The molecule has 4 aromatic rings. The van der Waals surface area contributed by atoms with Crippen LogP contribution in [-0.2, 0) is 0 Å². The minimum atomic E-state index is -2.41. The smallest absolute Gasteiger partial charge is 0.261 e. The second-order valence-electron chi connectivity index (χ2n) is 6.90. The first-order valence-electron chi connectivity index (χ1n) is 8.79. The summed E-state index contributed by atoms with van der Waals surface area (Å²) in [7, 11) is 1.71.